The fourth-order valence-electron chi connectivity index (χ4n) is 3.65. The van der Waals surface area contributed by atoms with Gasteiger partial charge in [0.2, 0.25) is 5.88 Å². The lowest BCUT2D eigenvalue weighted by Crippen LogP contribution is -2.10. The van der Waals surface area contributed by atoms with Crippen molar-refractivity contribution in [3.63, 3.8) is 0 Å². The second-order valence-corrected chi connectivity index (χ2v) is 8.20. The van der Waals surface area contributed by atoms with Crippen LogP contribution in [0.15, 0.2) is 95.0 Å². The van der Waals surface area contributed by atoms with Crippen molar-refractivity contribution in [2.24, 2.45) is 0 Å². The number of pyridine rings is 1. The summed E-state index contributed by atoms with van der Waals surface area (Å²) in [6.07, 6.45) is 12.8. The Morgan fingerprint density at radius 1 is 1.09 bits per heavy atom. The van der Waals surface area contributed by atoms with Gasteiger partial charge in [-0.2, -0.15) is 0 Å². The van der Waals surface area contributed by atoms with Gasteiger partial charge in [-0.3, -0.25) is 10.3 Å². The summed E-state index contributed by atoms with van der Waals surface area (Å²) in [5.74, 6) is 1.39. The van der Waals surface area contributed by atoms with Crippen LogP contribution in [0.3, 0.4) is 0 Å². The highest BCUT2D eigenvalue weighted by Gasteiger charge is 2.19. The molecule has 0 spiro atoms. The fourth-order valence-corrected chi connectivity index (χ4v) is 3.65. The van der Waals surface area contributed by atoms with Crippen molar-refractivity contribution < 1.29 is 13.9 Å². The van der Waals surface area contributed by atoms with Gasteiger partial charge < -0.3 is 24.1 Å². The van der Waals surface area contributed by atoms with Crippen molar-refractivity contribution in [2.75, 3.05) is 29.6 Å². The van der Waals surface area contributed by atoms with E-state index < -0.39 is 0 Å². The zero-order chi connectivity index (χ0) is 24.0. The van der Waals surface area contributed by atoms with E-state index in [2.05, 4.69) is 31.9 Å². The van der Waals surface area contributed by atoms with Crippen molar-refractivity contribution in [1.82, 2.24) is 15.2 Å². The number of nitrogens with one attached hydrogen (secondary N) is 2. The summed E-state index contributed by atoms with van der Waals surface area (Å²) >= 11 is 0. The number of allylic oxidation sites excluding steroid dienone is 4. The van der Waals surface area contributed by atoms with Crippen LogP contribution in [0.25, 0.3) is 11.5 Å². The molecule has 0 bridgehead atoms. The van der Waals surface area contributed by atoms with Crippen molar-refractivity contribution in [3.05, 3.63) is 96.3 Å². The average molecular weight is 471 g/mol. The molecule has 0 amide bonds. The largest absolute Gasteiger partial charge is 0.463 e. The summed E-state index contributed by atoms with van der Waals surface area (Å²) in [6, 6.07) is 12.0. The van der Waals surface area contributed by atoms with Crippen LogP contribution in [0.4, 0.5) is 17.4 Å². The zero-order valence-electron chi connectivity index (χ0n) is 19.6. The molecule has 0 radical (unpaired) electrons. The van der Waals surface area contributed by atoms with Crippen LogP contribution in [-0.2, 0) is 16.0 Å². The van der Waals surface area contributed by atoms with Crippen molar-refractivity contribution >= 4 is 17.4 Å². The number of anilines is 3. The van der Waals surface area contributed by atoms with Crippen molar-refractivity contribution in [2.45, 2.75) is 19.4 Å². The van der Waals surface area contributed by atoms with Crippen LogP contribution in [0.2, 0.25) is 0 Å². The van der Waals surface area contributed by atoms with Gasteiger partial charge in [0.05, 0.1) is 17.8 Å². The maximum Gasteiger partial charge on any atom is 0.322 e. The van der Waals surface area contributed by atoms with E-state index in [9.17, 15) is 0 Å². The van der Waals surface area contributed by atoms with E-state index >= 15 is 0 Å². The quantitative estimate of drug-likeness (QED) is 0.461. The Hall–Kier alpha value is -4.53. The van der Waals surface area contributed by atoms with Gasteiger partial charge in [0.1, 0.15) is 6.26 Å². The molecule has 1 aliphatic carbocycles. The van der Waals surface area contributed by atoms with E-state index in [1.165, 1.54) is 6.26 Å². The summed E-state index contributed by atoms with van der Waals surface area (Å²) < 4.78 is 17.3. The van der Waals surface area contributed by atoms with Gasteiger partial charge >= 0.3 is 6.01 Å². The SMILES string of the molecule is CN(C)c1ccc(-c2nnc(NC3=COC=C(C4=CC=CCC4)O3)o2)c(NCc2ccccn2)c1. The van der Waals surface area contributed by atoms with Gasteiger partial charge in [0, 0.05) is 31.7 Å². The third-order valence-electron chi connectivity index (χ3n) is 5.49. The normalized spacial score (nSPS) is 14.7. The minimum absolute atomic E-state index is 0.195. The highest BCUT2D eigenvalue weighted by atomic mass is 16.6. The molecule has 1 aromatic carbocycles. The number of hydrogen-bond donors (Lipinski definition) is 2. The minimum Gasteiger partial charge on any atom is -0.463 e. The van der Waals surface area contributed by atoms with Gasteiger partial charge in [0.25, 0.3) is 5.89 Å². The van der Waals surface area contributed by atoms with Gasteiger partial charge in [-0.15, -0.1) is 5.10 Å². The first-order valence-corrected chi connectivity index (χ1v) is 11.3. The first kappa shape index (κ1) is 22.3. The van der Waals surface area contributed by atoms with Crippen LogP contribution in [0.1, 0.15) is 18.5 Å². The molecule has 0 unspecified atom stereocenters. The summed E-state index contributed by atoms with van der Waals surface area (Å²) in [5.41, 5.74) is 4.67. The molecule has 2 aliphatic rings. The molecule has 2 N–H and O–H groups in total. The van der Waals surface area contributed by atoms with Crippen LogP contribution in [0.5, 0.6) is 0 Å². The lowest BCUT2D eigenvalue weighted by atomic mass is 10.0. The number of hydrogen-bond acceptors (Lipinski definition) is 9. The summed E-state index contributed by atoms with van der Waals surface area (Å²) in [7, 11) is 3.99. The fraction of sp³-hybridized carbons (Fsp3) is 0.192. The maximum atomic E-state index is 5.93. The van der Waals surface area contributed by atoms with Gasteiger partial charge in [-0.1, -0.05) is 29.4 Å². The monoisotopic (exact) mass is 470 g/mol. The summed E-state index contributed by atoms with van der Waals surface area (Å²) in [6.45, 7) is 0.558. The Morgan fingerprint density at radius 3 is 2.83 bits per heavy atom. The molecule has 178 valence electrons. The number of ether oxygens (including phenoxy) is 2. The summed E-state index contributed by atoms with van der Waals surface area (Å²) in [4.78, 5) is 6.42. The van der Waals surface area contributed by atoms with Crippen molar-refractivity contribution in [1.29, 1.82) is 0 Å². The van der Waals surface area contributed by atoms with E-state index in [1.807, 2.05) is 67.5 Å². The molecule has 0 saturated heterocycles. The highest BCUT2D eigenvalue weighted by Crippen LogP contribution is 2.33. The van der Waals surface area contributed by atoms with Crippen LogP contribution < -0.4 is 15.5 Å². The molecule has 9 nitrogen and oxygen atoms in total. The minimum atomic E-state index is 0.195. The predicted octanol–water partition coefficient (Wildman–Crippen LogP) is 5.19. The topological polar surface area (TPSA) is 97.6 Å². The number of aromatic nitrogens is 3. The molecule has 9 heteroatoms. The molecular weight excluding hydrogens is 444 g/mol. The molecule has 3 heterocycles. The number of nitrogens with zero attached hydrogens (tertiary/aromatic N) is 4. The first-order valence-electron chi connectivity index (χ1n) is 11.3. The second kappa shape index (κ2) is 10.2. The average Bonchev–Trinajstić information content (AvgIpc) is 3.36. The van der Waals surface area contributed by atoms with E-state index in [0.717, 1.165) is 41.0 Å². The van der Waals surface area contributed by atoms with Crippen LogP contribution in [0, 0.1) is 0 Å². The van der Waals surface area contributed by atoms with E-state index in [0.29, 0.717) is 24.1 Å². The lowest BCUT2D eigenvalue weighted by molar-refractivity contribution is 0.232. The molecular formula is C26H26N6O3. The van der Waals surface area contributed by atoms with E-state index in [4.69, 9.17) is 13.9 Å². The molecule has 5 rings (SSSR count). The Morgan fingerprint density at radius 2 is 2.03 bits per heavy atom. The van der Waals surface area contributed by atoms with Gasteiger partial charge in [0.15, 0.2) is 12.0 Å². The lowest BCUT2D eigenvalue weighted by Gasteiger charge is -2.19. The Bertz CT molecular complexity index is 1310. The maximum absolute atomic E-state index is 5.93. The third-order valence-corrected chi connectivity index (χ3v) is 5.49. The van der Waals surface area contributed by atoms with Crippen LogP contribution in [-0.4, -0.2) is 29.3 Å². The van der Waals surface area contributed by atoms with Crippen LogP contribution >= 0.6 is 0 Å². The van der Waals surface area contributed by atoms with Gasteiger partial charge in [-0.25, -0.2) is 0 Å². The Kier molecular flexibility index (Phi) is 6.47. The molecule has 0 saturated carbocycles. The molecule has 2 aromatic heterocycles. The van der Waals surface area contributed by atoms with E-state index in [-0.39, 0.29) is 6.01 Å². The first-order chi connectivity index (χ1) is 17.2. The molecule has 35 heavy (non-hydrogen) atoms. The summed E-state index contributed by atoms with van der Waals surface area (Å²) in [5, 5.41) is 14.8. The third kappa shape index (κ3) is 5.35. The van der Waals surface area contributed by atoms with E-state index in [1.54, 1.807) is 12.5 Å². The molecule has 3 aromatic rings. The molecule has 0 atom stereocenters. The molecule has 1 aliphatic heterocycles. The second-order valence-electron chi connectivity index (χ2n) is 8.20. The number of rotatable bonds is 8. The Labute approximate surface area is 203 Å². The Balaban J connectivity index is 1.32. The standard InChI is InChI=1S/C26H26N6O3/c1-32(2)20-11-12-21(22(14-20)28-15-19-10-6-7-13-27-19)25-30-31-26(35-25)29-24-17-33-16-23(34-24)18-8-4-3-5-9-18/h3-4,6-8,10-14,16-17,28H,5,9,15H2,1-2H3,(H,29,31). The highest BCUT2D eigenvalue weighted by molar-refractivity contribution is 5.77. The van der Waals surface area contributed by atoms with Crippen molar-refractivity contribution in [3.8, 4) is 11.5 Å². The smallest absolute Gasteiger partial charge is 0.322 e. The predicted molar refractivity (Wildman–Crippen MR) is 134 cm³/mol. The molecule has 0 fully saturated rings. The number of benzene rings is 1. The zero-order valence-corrected chi connectivity index (χ0v) is 19.6. The van der Waals surface area contributed by atoms with Gasteiger partial charge in [-0.05, 0) is 48.7 Å².